The highest BCUT2D eigenvalue weighted by Crippen LogP contribution is 2.21. The predicted molar refractivity (Wildman–Crippen MR) is 82.9 cm³/mol. The third-order valence-corrected chi connectivity index (χ3v) is 4.99. The smallest absolute Gasteiger partial charge is 0.308 e. The lowest BCUT2D eigenvalue weighted by Gasteiger charge is -2.17. The third-order valence-electron chi connectivity index (χ3n) is 3.51. The topological polar surface area (TPSA) is 96.4 Å². The van der Waals surface area contributed by atoms with Crippen LogP contribution in [-0.4, -0.2) is 31.0 Å². The zero-order chi connectivity index (χ0) is 16.3. The number of carboxylic acid groups (broad SMARTS) is 1. The summed E-state index contributed by atoms with van der Waals surface area (Å²) in [7, 11) is -3.80. The molecule has 0 aliphatic rings. The summed E-state index contributed by atoms with van der Waals surface area (Å²) in [6.07, 6.45) is 1.59. The Kier molecular flexibility index (Phi) is 4.77. The maximum Gasteiger partial charge on any atom is 0.308 e. The van der Waals surface area contributed by atoms with Crippen molar-refractivity contribution in [3.05, 3.63) is 36.5 Å². The van der Waals surface area contributed by atoms with Crippen molar-refractivity contribution in [1.29, 1.82) is 0 Å². The maximum atomic E-state index is 12.5. The number of aromatic nitrogens is 1. The largest absolute Gasteiger partial charge is 0.481 e. The molecule has 1 aromatic heterocycles. The molecule has 2 N–H and O–H groups in total. The Morgan fingerprint density at radius 2 is 2.00 bits per heavy atom. The fourth-order valence-electron chi connectivity index (χ4n) is 2.19. The molecular weight excluding hydrogens is 304 g/mol. The van der Waals surface area contributed by atoms with Gasteiger partial charge < -0.3 is 5.11 Å². The van der Waals surface area contributed by atoms with Crippen LogP contribution in [0.15, 0.2) is 41.4 Å². The summed E-state index contributed by atoms with van der Waals surface area (Å²) < 4.78 is 27.3. The molecule has 118 valence electrons. The minimum Gasteiger partial charge on any atom is -0.481 e. The van der Waals surface area contributed by atoms with Gasteiger partial charge in [-0.2, -0.15) is 0 Å². The van der Waals surface area contributed by atoms with E-state index >= 15 is 0 Å². The average Bonchev–Trinajstić information content (AvgIpc) is 2.46. The number of nitrogens with one attached hydrogen (secondary N) is 1. The first-order chi connectivity index (χ1) is 10.3. The number of sulfonamides is 1. The number of hydrogen-bond donors (Lipinski definition) is 2. The van der Waals surface area contributed by atoms with Crippen LogP contribution in [0.3, 0.4) is 0 Å². The molecule has 1 aromatic carbocycles. The highest BCUT2D eigenvalue weighted by atomic mass is 32.2. The maximum absolute atomic E-state index is 12.5. The Balaban J connectivity index is 2.32. The van der Waals surface area contributed by atoms with Crippen LogP contribution in [0.4, 0.5) is 0 Å². The number of fused-ring (bicyclic) bond motifs is 1. The van der Waals surface area contributed by atoms with Crippen molar-refractivity contribution < 1.29 is 18.3 Å². The van der Waals surface area contributed by atoms with E-state index in [0.29, 0.717) is 10.9 Å². The van der Waals surface area contributed by atoms with E-state index in [-0.39, 0.29) is 17.4 Å². The molecule has 1 heterocycles. The van der Waals surface area contributed by atoms with E-state index in [1.54, 1.807) is 44.3 Å². The Bertz CT molecular complexity index is 782. The quantitative estimate of drug-likeness (QED) is 0.846. The van der Waals surface area contributed by atoms with Crippen LogP contribution in [0.5, 0.6) is 0 Å². The fourth-order valence-corrected chi connectivity index (χ4v) is 3.47. The van der Waals surface area contributed by atoms with Crippen LogP contribution in [0, 0.1) is 11.8 Å². The van der Waals surface area contributed by atoms with E-state index in [0.717, 1.165) is 0 Å². The summed E-state index contributed by atoms with van der Waals surface area (Å²) in [6.45, 7) is 3.34. The molecule has 7 heteroatoms. The second-order valence-electron chi connectivity index (χ2n) is 5.37. The molecular formula is C15H18N2O4S. The summed E-state index contributed by atoms with van der Waals surface area (Å²) in [5.74, 6) is -1.96. The van der Waals surface area contributed by atoms with Crippen molar-refractivity contribution in [3.8, 4) is 0 Å². The van der Waals surface area contributed by atoms with E-state index in [9.17, 15) is 13.2 Å². The minimum absolute atomic E-state index is 0.103. The van der Waals surface area contributed by atoms with Crippen molar-refractivity contribution in [1.82, 2.24) is 9.71 Å². The van der Waals surface area contributed by atoms with Gasteiger partial charge in [0, 0.05) is 18.1 Å². The summed E-state index contributed by atoms with van der Waals surface area (Å²) in [6, 6.07) is 8.16. The molecule has 0 fully saturated rings. The van der Waals surface area contributed by atoms with Gasteiger partial charge in [-0.15, -0.1) is 0 Å². The molecule has 0 aliphatic carbocycles. The van der Waals surface area contributed by atoms with Crippen molar-refractivity contribution in [2.24, 2.45) is 11.8 Å². The second-order valence-corrected chi connectivity index (χ2v) is 7.10. The summed E-state index contributed by atoms with van der Waals surface area (Å²) in [4.78, 5) is 15.4. The zero-order valence-electron chi connectivity index (χ0n) is 12.4. The first-order valence-electron chi connectivity index (χ1n) is 6.89. The van der Waals surface area contributed by atoms with Gasteiger partial charge in [-0.1, -0.05) is 19.9 Å². The van der Waals surface area contributed by atoms with E-state index in [1.165, 1.54) is 6.07 Å². The number of rotatable bonds is 6. The Labute approximate surface area is 129 Å². The molecule has 6 nitrogen and oxygen atoms in total. The van der Waals surface area contributed by atoms with Crippen LogP contribution in [0.1, 0.15) is 13.8 Å². The van der Waals surface area contributed by atoms with E-state index in [4.69, 9.17) is 5.11 Å². The number of pyridine rings is 1. The van der Waals surface area contributed by atoms with Gasteiger partial charge in [-0.25, -0.2) is 13.1 Å². The van der Waals surface area contributed by atoms with Crippen LogP contribution >= 0.6 is 0 Å². The van der Waals surface area contributed by atoms with Crippen molar-refractivity contribution >= 4 is 26.9 Å². The van der Waals surface area contributed by atoms with Gasteiger partial charge in [-0.05, 0) is 30.2 Å². The van der Waals surface area contributed by atoms with Crippen LogP contribution in [0.2, 0.25) is 0 Å². The number of nitrogens with zero attached hydrogens (tertiary/aromatic N) is 1. The lowest BCUT2D eigenvalue weighted by atomic mass is 9.97. The number of aliphatic carboxylic acids is 1. The van der Waals surface area contributed by atoms with Crippen molar-refractivity contribution in [2.45, 2.75) is 18.7 Å². The predicted octanol–water partition coefficient (Wildman–Crippen LogP) is 1.87. The Hall–Kier alpha value is -1.99. The molecule has 1 atom stereocenters. The van der Waals surface area contributed by atoms with Gasteiger partial charge in [0.15, 0.2) is 0 Å². The van der Waals surface area contributed by atoms with Gasteiger partial charge in [0.05, 0.1) is 16.3 Å². The zero-order valence-corrected chi connectivity index (χ0v) is 13.2. The van der Waals surface area contributed by atoms with Crippen LogP contribution in [-0.2, 0) is 14.8 Å². The Morgan fingerprint density at radius 1 is 1.27 bits per heavy atom. The summed E-state index contributed by atoms with van der Waals surface area (Å²) in [5, 5.41) is 9.65. The molecule has 0 amide bonds. The first-order valence-corrected chi connectivity index (χ1v) is 8.37. The standard InChI is InChI=1S/C15H18N2O4S/c1-10(2)12(15(18)19)9-17-22(20,21)14-7-3-6-13-11(14)5-4-8-16-13/h3-8,10,12,17H,9H2,1-2H3,(H,18,19). The normalized spacial score (nSPS) is 13.4. The van der Waals surface area contributed by atoms with Gasteiger partial charge in [-0.3, -0.25) is 9.78 Å². The minimum atomic E-state index is -3.80. The molecule has 0 bridgehead atoms. The van der Waals surface area contributed by atoms with E-state index < -0.39 is 21.9 Å². The van der Waals surface area contributed by atoms with Gasteiger partial charge >= 0.3 is 5.97 Å². The van der Waals surface area contributed by atoms with Gasteiger partial charge in [0.1, 0.15) is 0 Å². The third kappa shape index (κ3) is 3.42. The fraction of sp³-hybridized carbons (Fsp3) is 0.333. The summed E-state index contributed by atoms with van der Waals surface area (Å²) in [5.41, 5.74) is 0.573. The lowest BCUT2D eigenvalue weighted by Crippen LogP contribution is -2.35. The van der Waals surface area contributed by atoms with Crippen molar-refractivity contribution in [3.63, 3.8) is 0 Å². The molecule has 0 saturated heterocycles. The Morgan fingerprint density at radius 3 is 2.64 bits per heavy atom. The highest BCUT2D eigenvalue weighted by Gasteiger charge is 2.25. The lowest BCUT2D eigenvalue weighted by molar-refractivity contribution is -0.142. The SMILES string of the molecule is CC(C)C(CNS(=O)(=O)c1cccc2ncccc12)C(=O)O. The number of carbonyl (C=O) groups is 1. The number of carboxylic acids is 1. The molecule has 0 saturated carbocycles. The van der Waals surface area contributed by atoms with Gasteiger partial charge in [0.25, 0.3) is 0 Å². The number of benzene rings is 1. The highest BCUT2D eigenvalue weighted by molar-refractivity contribution is 7.89. The van der Waals surface area contributed by atoms with Crippen LogP contribution < -0.4 is 4.72 Å². The first kappa shape index (κ1) is 16.4. The van der Waals surface area contributed by atoms with Crippen molar-refractivity contribution in [2.75, 3.05) is 6.54 Å². The molecule has 1 unspecified atom stereocenters. The van der Waals surface area contributed by atoms with E-state index in [2.05, 4.69) is 9.71 Å². The summed E-state index contributed by atoms with van der Waals surface area (Å²) >= 11 is 0. The molecule has 0 aliphatic heterocycles. The second kappa shape index (κ2) is 6.41. The average molecular weight is 322 g/mol. The molecule has 2 rings (SSSR count). The number of hydrogen-bond acceptors (Lipinski definition) is 4. The van der Waals surface area contributed by atoms with Crippen LogP contribution in [0.25, 0.3) is 10.9 Å². The van der Waals surface area contributed by atoms with E-state index in [1.807, 2.05) is 0 Å². The monoisotopic (exact) mass is 322 g/mol. The molecule has 0 radical (unpaired) electrons. The van der Waals surface area contributed by atoms with Gasteiger partial charge in [0.2, 0.25) is 10.0 Å². The molecule has 22 heavy (non-hydrogen) atoms. The molecule has 2 aromatic rings. The molecule has 0 spiro atoms.